The number of nitrogens with two attached hydrogens (primary N) is 1. The van der Waals surface area contributed by atoms with Gasteiger partial charge < -0.3 is 14.7 Å². The van der Waals surface area contributed by atoms with Gasteiger partial charge >= 0.3 is 0 Å². The van der Waals surface area contributed by atoms with E-state index in [2.05, 4.69) is 35.3 Å². The highest BCUT2D eigenvalue weighted by Crippen LogP contribution is 2.22. The lowest BCUT2D eigenvalue weighted by molar-refractivity contribution is 0.677. The first-order valence-corrected chi connectivity index (χ1v) is 6.11. The third-order valence-electron chi connectivity index (χ3n) is 2.86. The third kappa shape index (κ3) is 2.58. The summed E-state index contributed by atoms with van der Waals surface area (Å²) >= 11 is 0. The molecule has 0 bridgehead atoms. The highest BCUT2D eigenvalue weighted by molar-refractivity contribution is 5.67. The first-order chi connectivity index (χ1) is 9.17. The SMILES string of the molecule is CC(C)N(CCC#N)c1nc(NN)cn2ccnc12. The van der Waals surface area contributed by atoms with Crippen LogP contribution in [0.2, 0.25) is 0 Å². The second-order valence-electron chi connectivity index (χ2n) is 4.45. The quantitative estimate of drug-likeness (QED) is 0.617. The Morgan fingerprint density at radius 3 is 3.00 bits per heavy atom. The third-order valence-corrected chi connectivity index (χ3v) is 2.86. The molecule has 0 unspecified atom stereocenters. The van der Waals surface area contributed by atoms with Crippen LogP contribution in [0, 0.1) is 11.3 Å². The van der Waals surface area contributed by atoms with E-state index in [0.29, 0.717) is 18.8 Å². The highest BCUT2D eigenvalue weighted by Gasteiger charge is 2.17. The summed E-state index contributed by atoms with van der Waals surface area (Å²) in [4.78, 5) is 10.8. The average molecular weight is 259 g/mol. The number of hydrogen-bond donors (Lipinski definition) is 2. The highest BCUT2D eigenvalue weighted by atomic mass is 15.3. The number of imidazole rings is 1. The molecule has 0 aliphatic heterocycles. The second-order valence-corrected chi connectivity index (χ2v) is 4.45. The number of nitrogens with zero attached hydrogens (tertiary/aromatic N) is 5. The van der Waals surface area contributed by atoms with Crippen LogP contribution in [0.3, 0.4) is 0 Å². The molecule has 7 nitrogen and oxygen atoms in total. The minimum absolute atomic E-state index is 0.217. The van der Waals surface area contributed by atoms with Crippen LogP contribution in [0.25, 0.3) is 5.65 Å². The van der Waals surface area contributed by atoms with E-state index in [1.165, 1.54) is 0 Å². The molecule has 0 atom stereocenters. The summed E-state index contributed by atoms with van der Waals surface area (Å²) in [5.41, 5.74) is 3.30. The van der Waals surface area contributed by atoms with Gasteiger partial charge in [0.2, 0.25) is 0 Å². The van der Waals surface area contributed by atoms with Gasteiger partial charge in [0.15, 0.2) is 17.3 Å². The van der Waals surface area contributed by atoms with Gasteiger partial charge in [-0.3, -0.25) is 0 Å². The lowest BCUT2D eigenvalue weighted by Gasteiger charge is -2.27. The van der Waals surface area contributed by atoms with Crippen molar-refractivity contribution in [1.82, 2.24) is 14.4 Å². The second kappa shape index (κ2) is 5.54. The summed E-state index contributed by atoms with van der Waals surface area (Å²) < 4.78 is 1.86. The lowest BCUT2D eigenvalue weighted by atomic mass is 10.3. The summed E-state index contributed by atoms with van der Waals surface area (Å²) in [7, 11) is 0. The Morgan fingerprint density at radius 1 is 1.58 bits per heavy atom. The average Bonchev–Trinajstić information content (AvgIpc) is 2.86. The van der Waals surface area contributed by atoms with Gasteiger partial charge in [0, 0.05) is 25.0 Å². The Labute approximate surface area is 111 Å². The number of nitrogen functional groups attached to an aromatic ring is 1. The fraction of sp³-hybridized carbons (Fsp3) is 0.417. The van der Waals surface area contributed by atoms with Gasteiger partial charge in [0.05, 0.1) is 18.7 Å². The van der Waals surface area contributed by atoms with Crippen molar-refractivity contribution in [2.75, 3.05) is 16.9 Å². The zero-order valence-corrected chi connectivity index (χ0v) is 11.0. The zero-order chi connectivity index (χ0) is 13.8. The fourth-order valence-electron chi connectivity index (χ4n) is 1.96. The molecule has 3 N–H and O–H groups in total. The van der Waals surface area contributed by atoms with E-state index in [0.717, 1.165) is 11.5 Å². The number of hydrazine groups is 1. The van der Waals surface area contributed by atoms with E-state index >= 15 is 0 Å². The Balaban J connectivity index is 2.51. The number of rotatable bonds is 5. The lowest BCUT2D eigenvalue weighted by Crippen LogP contribution is -2.33. The van der Waals surface area contributed by atoms with Crippen LogP contribution in [0.5, 0.6) is 0 Å². The van der Waals surface area contributed by atoms with E-state index in [1.807, 2.05) is 15.5 Å². The van der Waals surface area contributed by atoms with Crippen LogP contribution in [0.1, 0.15) is 20.3 Å². The van der Waals surface area contributed by atoms with Crippen LogP contribution in [-0.2, 0) is 0 Å². The molecule has 0 aliphatic rings. The summed E-state index contributed by atoms with van der Waals surface area (Å²) in [5, 5.41) is 8.77. The first-order valence-electron chi connectivity index (χ1n) is 6.11. The minimum atomic E-state index is 0.217. The van der Waals surface area contributed by atoms with E-state index in [4.69, 9.17) is 11.1 Å². The van der Waals surface area contributed by atoms with Crippen LogP contribution < -0.4 is 16.2 Å². The van der Waals surface area contributed by atoms with E-state index < -0.39 is 0 Å². The molecule has 100 valence electrons. The molecule has 0 spiro atoms. The molecule has 2 rings (SSSR count). The van der Waals surface area contributed by atoms with Crippen molar-refractivity contribution in [3.63, 3.8) is 0 Å². The number of aromatic nitrogens is 3. The smallest absolute Gasteiger partial charge is 0.180 e. The van der Waals surface area contributed by atoms with Crippen LogP contribution in [0.15, 0.2) is 18.6 Å². The number of anilines is 2. The van der Waals surface area contributed by atoms with Crippen LogP contribution in [0.4, 0.5) is 11.6 Å². The molecule has 2 aromatic rings. The molecule has 0 fully saturated rings. The number of hydrogen-bond acceptors (Lipinski definition) is 6. The fourth-order valence-corrected chi connectivity index (χ4v) is 1.96. The van der Waals surface area contributed by atoms with Crippen molar-refractivity contribution >= 4 is 17.3 Å². The summed E-state index contributed by atoms with van der Waals surface area (Å²) in [5.74, 6) is 6.72. The molecule has 0 radical (unpaired) electrons. The molecular weight excluding hydrogens is 242 g/mol. The topological polar surface area (TPSA) is 95.3 Å². The Bertz CT molecular complexity index is 596. The van der Waals surface area contributed by atoms with E-state index in [9.17, 15) is 0 Å². The predicted octanol–water partition coefficient (Wildman–Crippen LogP) is 1.14. The van der Waals surface area contributed by atoms with Gasteiger partial charge in [0.25, 0.3) is 0 Å². The van der Waals surface area contributed by atoms with Gasteiger partial charge in [-0.25, -0.2) is 15.8 Å². The molecule has 2 heterocycles. The summed E-state index contributed by atoms with van der Waals surface area (Å²) in [6.45, 7) is 4.72. The molecule has 19 heavy (non-hydrogen) atoms. The maximum absolute atomic E-state index is 8.77. The molecule has 0 aromatic carbocycles. The van der Waals surface area contributed by atoms with Gasteiger partial charge in [-0.2, -0.15) is 5.26 Å². The van der Waals surface area contributed by atoms with Crippen molar-refractivity contribution in [1.29, 1.82) is 5.26 Å². The Hall–Kier alpha value is -2.33. The standard InChI is InChI=1S/C12H17N7/c1-9(2)19(6-3-4-13)12-11-15-5-7-18(11)8-10(16-12)17-14/h5,7-9,17H,3,6,14H2,1-2H3. The van der Waals surface area contributed by atoms with E-state index in [-0.39, 0.29) is 6.04 Å². The molecular formula is C12H17N7. The molecule has 0 aliphatic carbocycles. The number of fused-ring (bicyclic) bond motifs is 1. The van der Waals surface area contributed by atoms with Crippen molar-refractivity contribution in [3.05, 3.63) is 18.6 Å². The van der Waals surface area contributed by atoms with Crippen LogP contribution in [-0.4, -0.2) is 27.0 Å². The molecule has 2 aromatic heterocycles. The Morgan fingerprint density at radius 2 is 2.37 bits per heavy atom. The van der Waals surface area contributed by atoms with Crippen molar-refractivity contribution in [2.45, 2.75) is 26.3 Å². The molecule has 0 saturated heterocycles. The van der Waals surface area contributed by atoms with E-state index in [1.54, 1.807) is 12.4 Å². The normalized spacial score (nSPS) is 10.7. The van der Waals surface area contributed by atoms with Gasteiger partial charge in [-0.15, -0.1) is 0 Å². The van der Waals surface area contributed by atoms with Crippen molar-refractivity contribution < 1.29 is 0 Å². The first kappa shape index (κ1) is 13.1. The van der Waals surface area contributed by atoms with Gasteiger partial charge in [0.1, 0.15) is 0 Å². The van der Waals surface area contributed by atoms with Crippen molar-refractivity contribution in [3.8, 4) is 6.07 Å². The van der Waals surface area contributed by atoms with Crippen molar-refractivity contribution in [2.24, 2.45) is 5.84 Å². The number of nitriles is 1. The zero-order valence-electron chi connectivity index (χ0n) is 11.0. The molecule has 0 saturated carbocycles. The predicted molar refractivity (Wildman–Crippen MR) is 73.5 cm³/mol. The van der Waals surface area contributed by atoms with Gasteiger partial charge in [-0.1, -0.05) is 0 Å². The summed E-state index contributed by atoms with van der Waals surface area (Å²) in [6, 6.07) is 2.37. The number of nitrogens with one attached hydrogen (secondary N) is 1. The Kier molecular flexibility index (Phi) is 3.82. The molecule has 0 amide bonds. The maximum Gasteiger partial charge on any atom is 0.180 e. The summed E-state index contributed by atoms with van der Waals surface area (Å²) in [6.07, 6.45) is 5.76. The van der Waals surface area contributed by atoms with Crippen LogP contribution >= 0.6 is 0 Å². The monoisotopic (exact) mass is 259 g/mol. The molecule has 7 heteroatoms. The minimum Gasteiger partial charge on any atom is -0.350 e. The van der Waals surface area contributed by atoms with Gasteiger partial charge in [-0.05, 0) is 13.8 Å². The maximum atomic E-state index is 8.77. The largest absolute Gasteiger partial charge is 0.350 e.